The van der Waals surface area contributed by atoms with Crippen LogP contribution in [0.3, 0.4) is 0 Å². The van der Waals surface area contributed by atoms with Gasteiger partial charge in [-0.3, -0.25) is 35.0 Å². The van der Waals surface area contributed by atoms with E-state index in [2.05, 4.69) is 19.9 Å². The fraction of sp³-hybridized carbons (Fsp3) is 0.0625. The molecule has 0 aromatic carbocycles. The minimum absolute atomic E-state index is 0. The first-order valence-corrected chi connectivity index (χ1v) is 8.76. The van der Waals surface area contributed by atoms with Gasteiger partial charge in [-0.2, -0.15) is 9.78 Å². The molecule has 0 radical (unpaired) electrons. The van der Waals surface area contributed by atoms with E-state index < -0.39 is 40.7 Å². The smallest absolute Gasteiger partial charge is 0.495 e. The molecule has 1 saturated heterocycles. The number of hydrogen-bond donors (Lipinski definition) is 8. The lowest BCUT2D eigenvalue weighted by molar-refractivity contribution is -0.402. The lowest BCUT2D eigenvalue weighted by Gasteiger charge is -2.09. The minimum Gasteiger partial charge on any atom is -0.860 e. The second-order valence-electron chi connectivity index (χ2n) is 5.77. The Hall–Kier alpha value is -5.63. The van der Waals surface area contributed by atoms with Gasteiger partial charge < -0.3 is 32.5 Å². The van der Waals surface area contributed by atoms with E-state index in [1.165, 1.54) is 18.5 Å². The first-order chi connectivity index (χ1) is 15.9. The summed E-state index contributed by atoms with van der Waals surface area (Å²) in [5.74, 6) is -1.07. The highest BCUT2D eigenvalue weighted by atomic mass is 16.3. The second-order valence-corrected chi connectivity index (χ2v) is 5.77. The van der Waals surface area contributed by atoms with E-state index in [4.69, 9.17) is 11.5 Å². The molecule has 196 valence electrons. The number of nitrogens with two attached hydrogens (primary N) is 2. The van der Waals surface area contributed by atoms with Gasteiger partial charge in [-0.05, 0) is 11.9 Å². The van der Waals surface area contributed by atoms with Crippen LogP contribution >= 0.6 is 0 Å². The van der Waals surface area contributed by atoms with Crippen molar-refractivity contribution in [3.05, 3.63) is 72.4 Å². The summed E-state index contributed by atoms with van der Waals surface area (Å²) in [6.07, 6.45) is 2.58. The Kier molecular flexibility index (Phi) is 14.5. The van der Waals surface area contributed by atoms with Gasteiger partial charge in [-0.15, -0.1) is 0 Å². The fourth-order valence-electron chi connectivity index (χ4n) is 1.76. The molecule has 3 aromatic heterocycles. The number of imide groups is 2. The summed E-state index contributed by atoms with van der Waals surface area (Å²) >= 11 is 0. The fourth-order valence-corrected chi connectivity index (χ4v) is 1.76. The summed E-state index contributed by atoms with van der Waals surface area (Å²) in [6.45, 7) is 0. The number of nitrogens with one attached hydrogen (secondary N) is 7. The summed E-state index contributed by atoms with van der Waals surface area (Å²) in [6, 6.07) is 3.11. The molecule has 20 heteroatoms. The first-order valence-electron chi connectivity index (χ1n) is 8.76. The van der Waals surface area contributed by atoms with Crippen molar-refractivity contribution in [2.45, 2.75) is 6.42 Å². The van der Waals surface area contributed by atoms with Crippen LogP contribution in [0, 0.1) is 0 Å². The Morgan fingerprint density at radius 1 is 0.833 bits per heavy atom. The molecule has 0 spiro atoms. The summed E-state index contributed by atoms with van der Waals surface area (Å²) in [5.41, 5.74) is 8.20. The van der Waals surface area contributed by atoms with Crippen LogP contribution in [0.15, 0.2) is 49.8 Å². The molecule has 0 saturated carbocycles. The molecule has 1 fully saturated rings. The Labute approximate surface area is 197 Å². The number of rotatable bonds is 0. The molecular formula is C16H22N10O10. The van der Waals surface area contributed by atoms with Crippen LogP contribution in [0.4, 0.5) is 16.4 Å². The number of hydrogen-bond acceptors (Lipinski definition) is 11. The molecule has 0 bridgehead atoms. The van der Waals surface area contributed by atoms with Gasteiger partial charge >= 0.3 is 23.1 Å². The highest BCUT2D eigenvalue weighted by molar-refractivity contribution is 6.14. The Balaban J connectivity index is 0. The molecule has 4 heterocycles. The van der Waals surface area contributed by atoms with Gasteiger partial charge in [0, 0.05) is 18.3 Å². The number of carbonyl (C=O) groups is 3. The van der Waals surface area contributed by atoms with Gasteiger partial charge in [0.15, 0.2) is 5.82 Å². The predicted octanol–water partition coefficient (Wildman–Crippen LogP) is -6.65. The number of amides is 4. The zero-order valence-electron chi connectivity index (χ0n) is 18.0. The number of urea groups is 1. The predicted molar refractivity (Wildman–Crippen MR) is 118 cm³/mol. The van der Waals surface area contributed by atoms with Crippen LogP contribution in [0.5, 0.6) is 5.88 Å². The molecule has 1 aliphatic rings. The van der Waals surface area contributed by atoms with E-state index in [0.29, 0.717) is 11.6 Å². The van der Waals surface area contributed by atoms with Crippen molar-refractivity contribution in [2.75, 3.05) is 11.5 Å². The highest BCUT2D eigenvalue weighted by Crippen LogP contribution is 1.86. The number of H-pyrrole nitrogens is 5. The van der Waals surface area contributed by atoms with Gasteiger partial charge in [0.05, 0.1) is 6.20 Å². The lowest BCUT2D eigenvalue weighted by Crippen LogP contribution is -2.49. The standard InChI is InChI=1S/2C4H5N3O.2C4H4N2O3.2H2O/c2*5-3-1-2-6-4(8)7-3;2*7-2-1-3(8)6-4(9)5-2;;/h2*1-2H,(H3,5,6,7,8);1H2,(H2,5,6,7,8,9);1H,(H3,5,6,7,8,9);2*1H2. The molecule has 15 N–H and O–H groups in total. The summed E-state index contributed by atoms with van der Waals surface area (Å²) < 4.78 is 0. The molecular weight excluding hydrogens is 492 g/mol. The molecule has 0 atom stereocenters. The van der Waals surface area contributed by atoms with Crippen molar-refractivity contribution in [3.8, 4) is 5.88 Å². The molecule has 36 heavy (non-hydrogen) atoms. The molecule has 1 aliphatic heterocycles. The second kappa shape index (κ2) is 16.1. The summed E-state index contributed by atoms with van der Waals surface area (Å²) in [7, 11) is 0. The normalized spacial score (nSPS) is 11.1. The third kappa shape index (κ3) is 14.4. The molecule has 0 unspecified atom stereocenters. The maximum atomic E-state index is 10.3. The maximum Gasteiger partial charge on any atom is 0.495 e. The van der Waals surface area contributed by atoms with Crippen LogP contribution in [0.25, 0.3) is 0 Å². The number of aromatic amines is 5. The zero-order valence-corrected chi connectivity index (χ0v) is 18.0. The van der Waals surface area contributed by atoms with Crippen molar-refractivity contribution < 1.29 is 35.4 Å². The van der Waals surface area contributed by atoms with Crippen molar-refractivity contribution in [1.29, 1.82) is 0 Å². The van der Waals surface area contributed by atoms with E-state index >= 15 is 0 Å². The molecule has 3 aromatic rings. The quantitative estimate of drug-likeness (QED) is 0.130. The Morgan fingerprint density at radius 2 is 1.42 bits per heavy atom. The summed E-state index contributed by atoms with van der Waals surface area (Å²) in [5, 5.41) is 14.0. The molecule has 20 nitrogen and oxygen atoms in total. The Morgan fingerprint density at radius 3 is 1.78 bits per heavy atom. The number of nitrogens with zero attached hydrogens (tertiary/aromatic N) is 1. The van der Waals surface area contributed by atoms with Crippen LogP contribution in [0.1, 0.15) is 6.42 Å². The first kappa shape index (κ1) is 32.5. The number of barbiturate groups is 1. The van der Waals surface area contributed by atoms with Crippen molar-refractivity contribution in [1.82, 2.24) is 35.6 Å². The number of nitrogen functional groups attached to an aromatic ring is 2. The topological polar surface area (TPSA) is 372 Å². The number of carbonyl (C=O) groups excluding carboxylic acids is 3. The molecule has 0 aliphatic carbocycles. The largest absolute Gasteiger partial charge is 0.860 e. The minimum atomic E-state index is -0.771. The lowest BCUT2D eigenvalue weighted by atomic mass is 10.3. The van der Waals surface area contributed by atoms with Crippen molar-refractivity contribution in [3.63, 3.8) is 0 Å². The number of aromatic nitrogens is 6. The van der Waals surface area contributed by atoms with E-state index in [1.54, 1.807) is 6.07 Å². The van der Waals surface area contributed by atoms with Crippen LogP contribution in [-0.4, -0.2) is 53.7 Å². The van der Waals surface area contributed by atoms with Crippen LogP contribution < -0.4 is 54.8 Å². The summed E-state index contributed by atoms with van der Waals surface area (Å²) in [4.78, 5) is 85.8. The Bertz CT molecular complexity index is 1250. The molecule has 4 rings (SSSR count). The SMILES string of the molecule is Nc1cc[nH+]c(=O)[nH]1.Nc1ccnc(=O)[nH]1.O.O.O=C1CC(=O)NC(=O)N1.O=c1cc([O-])[nH]c(=O)[nH]1. The van der Waals surface area contributed by atoms with Crippen molar-refractivity contribution in [2.24, 2.45) is 0 Å². The van der Waals surface area contributed by atoms with Crippen LogP contribution in [-0.2, 0) is 9.59 Å². The monoisotopic (exact) mass is 514 g/mol. The third-order valence-corrected chi connectivity index (χ3v) is 3.00. The van der Waals surface area contributed by atoms with Gasteiger partial charge in [-0.25, -0.2) is 24.4 Å². The average molecular weight is 514 g/mol. The van der Waals surface area contributed by atoms with Gasteiger partial charge in [0.25, 0.3) is 5.56 Å². The zero-order chi connectivity index (χ0) is 25.7. The molecule has 4 amide bonds. The average Bonchev–Trinajstić information content (AvgIpc) is 2.67. The van der Waals surface area contributed by atoms with E-state index in [1.807, 2.05) is 20.6 Å². The van der Waals surface area contributed by atoms with E-state index in [0.717, 1.165) is 6.07 Å². The maximum absolute atomic E-state index is 10.3. The third-order valence-electron chi connectivity index (χ3n) is 3.00. The van der Waals surface area contributed by atoms with E-state index in [-0.39, 0.29) is 23.1 Å². The highest BCUT2D eigenvalue weighted by Gasteiger charge is 2.20. The van der Waals surface area contributed by atoms with Crippen molar-refractivity contribution >= 4 is 29.5 Å². The van der Waals surface area contributed by atoms with Gasteiger partial charge in [0.2, 0.25) is 11.8 Å². The van der Waals surface area contributed by atoms with E-state index in [9.17, 15) is 38.7 Å². The number of anilines is 2. The van der Waals surface area contributed by atoms with Crippen LogP contribution in [0.2, 0.25) is 0 Å². The van der Waals surface area contributed by atoms with Gasteiger partial charge in [-0.1, -0.05) is 0 Å². The van der Waals surface area contributed by atoms with Gasteiger partial charge in [0.1, 0.15) is 12.2 Å².